The third-order valence-corrected chi connectivity index (χ3v) is 7.86. The molecule has 2 aromatic rings. The summed E-state index contributed by atoms with van der Waals surface area (Å²) in [6, 6.07) is 14.4. The van der Waals surface area contributed by atoms with E-state index in [1.807, 2.05) is 18.2 Å². The van der Waals surface area contributed by atoms with Crippen molar-refractivity contribution in [3.63, 3.8) is 0 Å². The molecule has 2 aromatic carbocycles. The molecule has 1 atom stereocenters. The number of benzene rings is 2. The van der Waals surface area contributed by atoms with Gasteiger partial charge in [0, 0.05) is 41.7 Å². The zero-order valence-electron chi connectivity index (χ0n) is 23.2. The number of piperidine rings is 1. The second-order valence-electron chi connectivity index (χ2n) is 10.00. The minimum Gasteiger partial charge on any atom is -0.466 e. The Morgan fingerprint density at radius 3 is 2.35 bits per heavy atom. The molecule has 2 aliphatic heterocycles. The Hall–Kier alpha value is -3.65. The van der Waals surface area contributed by atoms with Crippen LogP contribution in [0.25, 0.3) is 0 Å². The third kappa shape index (κ3) is 6.39. The highest BCUT2D eigenvalue weighted by atomic mass is 35.5. The number of carbonyl (C=O) groups is 4. The Bertz CT molecular complexity index is 1310. The summed E-state index contributed by atoms with van der Waals surface area (Å²) in [4.78, 5) is 55.1. The summed E-state index contributed by atoms with van der Waals surface area (Å²) in [5.41, 5.74) is 2.90. The summed E-state index contributed by atoms with van der Waals surface area (Å²) in [6.45, 7) is 6.99. The highest BCUT2D eigenvalue weighted by Gasteiger charge is 2.38. The van der Waals surface area contributed by atoms with Gasteiger partial charge in [-0.25, -0.2) is 4.79 Å². The van der Waals surface area contributed by atoms with Gasteiger partial charge in [-0.3, -0.25) is 14.4 Å². The van der Waals surface area contributed by atoms with Crippen LogP contribution in [0.3, 0.4) is 0 Å². The zero-order chi connectivity index (χ0) is 28.8. The molecule has 0 aliphatic carbocycles. The standard InChI is InChI=1S/C31H35ClN2O6/c1-4-39-30(37)22-13-15-33(16-14-22)29(36)23-10-8-9-21(17-23)19-34-20(3)28(31(38)40-5-2)25(18-27(34)35)24-11-6-7-12-26(24)32/h6-12,17,22,25H,4-5,13-16,18-19H2,1-3H3. The topological polar surface area (TPSA) is 93.2 Å². The molecule has 2 aliphatic rings. The van der Waals surface area contributed by atoms with Crippen LogP contribution in [-0.2, 0) is 30.4 Å². The minimum absolute atomic E-state index is 0.0727. The highest BCUT2D eigenvalue weighted by molar-refractivity contribution is 6.31. The zero-order valence-corrected chi connectivity index (χ0v) is 23.9. The second kappa shape index (κ2) is 13.1. The maximum absolute atomic E-state index is 13.4. The third-order valence-electron chi connectivity index (χ3n) is 7.52. The summed E-state index contributed by atoms with van der Waals surface area (Å²) in [7, 11) is 0. The first-order valence-electron chi connectivity index (χ1n) is 13.7. The quantitative estimate of drug-likeness (QED) is 0.412. The van der Waals surface area contributed by atoms with Gasteiger partial charge in [0.25, 0.3) is 5.91 Å². The van der Waals surface area contributed by atoms with Gasteiger partial charge >= 0.3 is 11.9 Å². The number of likely N-dealkylation sites (tertiary alicyclic amines) is 1. The number of esters is 2. The monoisotopic (exact) mass is 566 g/mol. The lowest BCUT2D eigenvalue weighted by Gasteiger charge is -2.35. The van der Waals surface area contributed by atoms with E-state index in [1.165, 1.54) is 0 Å². The fraction of sp³-hybridized carbons (Fsp3) is 0.419. The molecule has 0 N–H and O–H groups in total. The molecule has 40 heavy (non-hydrogen) atoms. The van der Waals surface area contributed by atoms with Gasteiger partial charge < -0.3 is 19.3 Å². The Morgan fingerprint density at radius 2 is 1.68 bits per heavy atom. The number of rotatable bonds is 8. The van der Waals surface area contributed by atoms with Crippen molar-refractivity contribution < 1.29 is 28.7 Å². The summed E-state index contributed by atoms with van der Waals surface area (Å²) < 4.78 is 10.5. The van der Waals surface area contributed by atoms with Crippen LogP contribution < -0.4 is 0 Å². The molecular formula is C31H35ClN2O6. The van der Waals surface area contributed by atoms with E-state index < -0.39 is 11.9 Å². The van der Waals surface area contributed by atoms with E-state index in [2.05, 4.69) is 0 Å². The minimum atomic E-state index is -0.512. The van der Waals surface area contributed by atoms with Gasteiger partial charge in [-0.1, -0.05) is 41.9 Å². The largest absolute Gasteiger partial charge is 0.466 e. The SMILES string of the molecule is CCOC(=O)C1=C(C)N(Cc2cccc(C(=O)N3CCC(C(=O)OCC)CC3)c2)C(=O)CC1c1ccccc1Cl. The Labute approximate surface area is 239 Å². The van der Waals surface area contributed by atoms with Gasteiger partial charge in [-0.2, -0.15) is 0 Å². The average molecular weight is 567 g/mol. The molecule has 9 heteroatoms. The first-order chi connectivity index (χ1) is 19.2. The molecule has 0 aromatic heterocycles. The molecule has 212 valence electrons. The molecular weight excluding hydrogens is 532 g/mol. The fourth-order valence-corrected chi connectivity index (χ4v) is 5.71. The van der Waals surface area contributed by atoms with E-state index in [-0.39, 0.29) is 43.3 Å². The van der Waals surface area contributed by atoms with E-state index in [1.54, 1.807) is 60.9 Å². The van der Waals surface area contributed by atoms with E-state index in [4.69, 9.17) is 21.1 Å². The van der Waals surface area contributed by atoms with Gasteiger partial charge in [-0.15, -0.1) is 0 Å². The van der Waals surface area contributed by atoms with E-state index >= 15 is 0 Å². The van der Waals surface area contributed by atoms with Crippen molar-refractivity contribution in [3.8, 4) is 0 Å². The Morgan fingerprint density at radius 1 is 0.975 bits per heavy atom. The first kappa shape index (κ1) is 29.3. The van der Waals surface area contributed by atoms with Crippen molar-refractivity contribution in [2.75, 3.05) is 26.3 Å². The molecule has 0 bridgehead atoms. The van der Waals surface area contributed by atoms with Crippen LogP contribution in [0.15, 0.2) is 59.8 Å². The van der Waals surface area contributed by atoms with Gasteiger partial charge in [0.15, 0.2) is 0 Å². The van der Waals surface area contributed by atoms with Crippen LogP contribution >= 0.6 is 11.6 Å². The number of halogens is 1. The van der Waals surface area contributed by atoms with Crippen molar-refractivity contribution in [1.82, 2.24) is 9.80 Å². The average Bonchev–Trinajstić information content (AvgIpc) is 2.95. The van der Waals surface area contributed by atoms with Crippen molar-refractivity contribution in [3.05, 3.63) is 81.5 Å². The lowest BCUT2D eigenvalue weighted by Crippen LogP contribution is -2.40. The molecule has 0 radical (unpaired) electrons. The van der Waals surface area contributed by atoms with Crippen LogP contribution in [0.1, 0.15) is 67.4 Å². The summed E-state index contributed by atoms with van der Waals surface area (Å²) in [5, 5.41) is 0.487. The van der Waals surface area contributed by atoms with Gasteiger partial charge in [0.05, 0.1) is 31.2 Å². The van der Waals surface area contributed by atoms with E-state index in [0.29, 0.717) is 60.0 Å². The maximum Gasteiger partial charge on any atom is 0.336 e. The van der Waals surface area contributed by atoms with Crippen molar-refractivity contribution >= 4 is 35.4 Å². The van der Waals surface area contributed by atoms with Crippen molar-refractivity contribution in [1.29, 1.82) is 0 Å². The van der Waals surface area contributed by atoms with E-state index in [9.17, 15) is 19.2 Å². The van der Waals surface area contributed by atoms with Crippen LogP contribution in [0.5, 0.6) is 0 Å². The maximum atomic E-state index is 13.4. The van der Waals surface area contributed by atoms with Crippen LogP contribution in [0, 0.1) is 5.92 Å². The molecule has 2 amide bonds. The van der Waals surface area contributed by atoms with Gasteiger partial charge in [0.2, 0.25) is 5.91 Å². The smallest absolute Gasteiger partial charge is 0.336 e. The molecule has 0 spiro atoms. The summed E-state index contributed by atoms with van der Waals surface area (Å²) >= 11 is 6.46. The molecule has 1 saturated heterocycles. The predicted octanol–water partition coefficient (Wildman–Crippen LogP) is 5.11. The second-order valence-corrected chi connectivity index (χ2v) is 10.4. The number of allylic oxidation sites excluding steroid dienone is 1. The number of hydrogen-bond donors (Lipinski definition) is 0. The predicted molar refractivity (Wildman–Crippen MR) is 150 cm³/mol. The van der Waals surface area contributed by atoms with Crippen LogP contribution in [-0.4, -0.2) is 59.9 Å². The van der Waals surface area contributed by atoms with Crippen molar-refractivity contribution in [2.24, 2.45) is 5.92 Å². The van der Waals surface area contributed by atoms with Gasteiger partial charge in [0.1, 0.15) is 0 Å². The molecule has 4 rings (SSSR count). The molecule has 2 heterocycles. The molecule has 1 unspecified atom stereocenters. The summed E-state index contributed by atoms with van der Waals surface area (Å²) in [5.74, 6) is -1.64. The number of ether oxygens (including phenoxy) is 2. The van der Waals surface area contributed by atoms with Crippen LogP contribution in [0.2, 0.25) is 5.02 Å². The molecule has 1 fully saturated rings. The number of amides is 2. The van der Waals surface area contributed by atoms with Crippen LogP contribution in [0.4, 0.5) is 0 Å². The lowest BCUT2D eigenvalue weighted by atomic mass is 9.83. The molecule has 0 saturated carbocycles. The van der Waals surface area contributed by atoms with Crippen molar-refractivity contribution in [2.45, 2.75) is 52.5 Å². The lowest BCUT2D eigenvalue weighted by molar-refractivity contribution is -0.149. The Kier molecular flexibility index (Phi) is 9.63. The van der Waals surface area contributed by atoms with E-state index in [0.717, 1.165) is 5.56 Å². The number of hydrogen-bond acceptors (Lipinski definition) is 6. The molecule has 8 nitrogen and oxygen atoms in total. The number of nitrogens with zero attached hydrogens (tertiary/aromatic N) is 2. The fourth-order valence-electron chi connectivity index (χ4n) is 5.45. The first-order valence-corrected chi connectivity index (χ1v) is 14.1. The summed E-state index contributed by atoms with van der Waals surface area (Å²) in [6.07, 6.45) is 1.21. The van der Waals surface area contributed by atoms with Gasteiger partial charge in [-0.05, 0) is 62.9 Å². The number of carbonyl (C=O) groups excluding carboxylic acids is 4. The normalized spacial score (nSPS) is 18.1. The highest BCUT2D eigenvalue weighted by Crippen LogP contribution is 2.40. The Balaban J connectivity index is 1.54.